The molecule has 0 unspecified atom stereocenters. The van der Waals surface area contributed by atoms with E-state index in [9.17, 15) is 20.2 Å². The van der Waals surface area contributed by atoms with Crippen LogP contribution in [0.1, 0.15) is 11.1 Å². The normalized spacial score (nSPS) is 17.9. The van der Waals surface area contributed by atoms with Gasteiger partial charge < -0.3 is 19.6 Å². The minimum Gasteiger partial charge on any atom is -0.332 e. The molecule has 4 heterocycles. The topological polar surface area (TPSA) is 150 Å². The van der Waals surface area contributed by atoms with Gasteiger partial charge >= 0.3 is 0 Å². The fourth-order valence-electron chi connectivity index (χ4n) is 4.17. The summed E-state index contributed by atoms with van der Waals surface area (Å²) in [6.07, 6.45) is 6.97. The zero-order valence-electron chi connectivity index (χ0n) is 20.1. The molecule has 2 aliphatic rings. The van der Waals surface area contributed by atoms with E-state index >= 15 is 0 Å². The van der Waals surface area contributed by atoms with Crippen LogP contribution in [0.15, 0.2) is 59.0 Å². The first-order chi connectivity index (χ1) is 18.3. The fraction of sp³-hybridized carbons (Fsp3) is 0.364. The molecule has 200 valence electrons. The highest BCUT2D eigenvalue weighted by atomic mass is 35.5. The second-order valence-corrected chi connectivity index (χ2v) is 9.24. The molecule has 2 saturated heterocycles. The Kier molecular flexibility index (Phi) is 8.86. The average molecular weight is 563 g/mol. The first-order valence-electron chi connectivity index (χ1n) is 11.6. The van der Waals surface area contributed by atoms with Gasteiger partial charge in [0.1, 0.15) is 20.5 Å². The van der Waals surface area contributed by atoms with E-state index in [2.05, 4.69) is 20.2 Å². The number of halogens is 2. The Morgan fingerprint density at radius 1 is 0.737 bits per heavy atom. The van der Waals surface area contributed by atoms with Crippen LogP contribution in [0.2, 0.25) is 10.3 Å². The van der Waals surface area contributed by atoms with Crippen molar-refractivity contribution in [1.29, 1.82) is 0 Å². The number of hydrogen-bond donors (Lipinski definition) is 0. The Hall–Kier alpha value is -4.04. The Morgan fingerprint density at radius 3 is 1.47 bits per heavy atom. The number of hydrazone groups is 2. The van der Waals surface area contributed by atoms with Gasteiger partial charge in [-0.2, -0.15) is 0 Å². The Bertz CT molecular complexity index is 1140. The molecule has 4 rings (SSSR count). The summed E-state index contributed by atoms with van der Waals surface area (Å²) in [5.41, 5.74) is 1.71. The molecule has 2 aromatic rings. The van der Waals surface area contributed by atoms with Crippen LogP contribution in [0.5, 0.6) is 0 Å². The second-order valence-electron chi connectivity index (χ2n) is 8.46. The Labute approximate surface area is 227 Å². The summed E-state index contributed by atoms with van der Waals surface area (Å²) >= 11 is 11.7. The first kappa shape index (κ1) is 27.0. The molecule has 0 bridgehead atoms. The van der Waals surface area contributed by atoms with Crippen LogP contribution in [0.3, 0.4) is 0 Å². The molecule has 0 spiro atoms. The van der Waals surface area contributed by atoms with Crippen molar-refractivity contribution >= 4 is 35.1 Å². The summed E-state index contributed by atoms with van der Waals surface area (Å²) < 4.78 is 0. The van der Waals surface area contributed by atoms with Crippen LogP contribution in [0, 0.1) is 20.2 Å². The molecule has 0 aromatic carbocycles. The van der Waals surface area contributed by atoms with Gasteiger partial charge in [-0.25, -0.2) is 30.2 Å². The van der Waals surface area contributed by atoms with E-state index in [-0.39, 0.29) is 11.9 Å². The van der Waals surface area contributed by atoms with E-state index in [1.54, 1.807) is 34.3 Å². The van der Waals surface area contributed by atoms with Gasteiger partial charge in [-0.3, -0.25) is 0 Å². The molecule has 0 N–H and O–H groups in total. The molecule has 2 aromatic heterocycles. The van der Waals surface area contributed by atoms with Gasteiger partial charge in [0.05, 0.1) is 0 Å². The van der Waals surface area contributed by atoms with Crippen LogP contribution >= 0.6 is 23.2 Å². The van der Waals surface area contributed by atoms with Gasteiger partial charge in [0.2, 0.25) is 0 Å². The van der Waals surface area contributed by atoms with Gasteiger partial charge in [-0.15, -0.1) is 0 Å². The molecule has 2 aliphatic heterocycles. The third kappa shape index (κ3) is 7.26. The zero-order chi connectivity index (χ0) is 27.1. The predicted octanol–water partition coefficient (Wildman–Crippen LogP) is 2.37. The van der Waals surface area contributed by atoms with E-state index in [1.165, 1.54) is 0 Å². The van der Waals surface area contributed by atoms with Gasteiger partial charge in [0, 0.05) is 64.8 Å². The zero-order valence-corrected chi connectivity index (χ0v) is 21.6. The van der Waals surface area contributed by atoms with Crippen LogP contribution in [-0.2, 0) is 13.1 Å². The first-order valence-corrected chi connectivity index (χ1v) is 12.4. The maximum atomic E-state index is 11.2. The van der Waals surface area contributed by atoms with Crippen molar-refractivity contribution in [2.75, 3.05) is 39.3 Å². The third-order valence-corrected chi connectivity index (χ3v) is 6.34. The molecular formula is C22H24Cl2N10O4. The number of pyridine rings is 2. The molecule has 0 radical (unpaired) electrons. The van der Waals surface area contributed by atoms with Crippen LogP contribution in [0.4, 0.5) is 0 Å². The molecular weight excluding hydrogens is 539 g/mol. The van der Waals surface area contributed by atoms with E-state index in [4.69, 9.17) is 23.2 Å². The maximum absolute atomic E-state index is 11.2. The predicted molar refractivity (Wildman–Crippen MR) is 140 cm³/mol. The highest BCUT2D eigenvalue weighted by molar-refractivity contribution is 6.29. The lowest BCUT2D eigenvalue weighted by atomic mass is 10.3. The molecule has 38 heavy (non-hydrogen) atoms. The summed E-state index contributed by atoms with van der Waals surface area (Å²) in [6, 6.07) is 6.96. The molecule has 0 amide bonds. The summed E-state index contributed by atoms with van der Waals surface area (Å²) in [4.78, 5) is 37.7. The SMILES string of the molecule is O=[N+]([O-])N=C1N(CC=CCN2CCN(Cc3ccc(Cl)nc3)C2=N[N+](=O)[O-])CCN1Cc1ccc(Cl)nc1. The highest BCUT2D eigenvalue weighted by Crippen LogP contribution is 2.17. The number of nitro groups is 2. The number of guanidine groups is 2. The van der Waals surface area contributed by atoms with E-state index in [0.29, 0.717) is 62.7 Å². The van der Waals surface area contributed by atoms with E-state index in [0.717, 1.165) is 11.1 Å². The third-order valence-electron chi connectivity index (χ3n) is 5.90. The van der Waals surface area contributed by atoms with Gasteiger partial charge in [0.15, 0.2) is 10.1 Å². The van der Waals surface area contributed by atoms with Crippen LogP contribution in [0.25, 0.3) is 0 Å². The molecule has 0 saturated carbocycles. The molecule has 16 heteroatoms. The number of rotatable bonds is 10. The average Bonchev–Trinajstić information content (AvgIpc) is 3.42. The van der Waals surface area contributed by atoms with Crippen molar-refractivity contribution in [2.45, 2.75) is 13.1 Å². The molecule has 2 fully saturated rings. The maximum Gasteiger partial charge on any atom is 0.274 e. The van der Waals surface area contributed by atoms with Crippen molar-refractivity contribution in [3.8, 4) is 0 Å². The summed E-state index contributed by atoms with van der Waals surface area (Å²) in [7, 11) is 0. The van der Waals surface area contributed by atoms with Gasteiger partial charge in [-0.05, 0) is 23.3 Å². The summed E-state index contributed by atoms with van der Waals surface area (Å²) in [6.45, 7) is 3.81. The standard InChI is InChI=1S/C22H24Cl2N10O4/c23-19-5-3-17(13-25-19)15-31-11-9-29(21(31)27-33(35)36)7-1-2-8-30-10-12-32(22(30)28-34(37)38)16-18-4-6-20(24)26-14-18/h1-6,13-14H,7-12,15-16H2. The number of aromatic nitrogens is 2. The van der Waals surface area contributed by atoms with Crippen LogP contribution < -0.4 is 0 Å². The van der Waals surface area contributed by atoms with Gasteiger partial charge in [-0.1, -0.05) is 47.5 Å². The lowest BCUT2D eigenvalue weighted by Gasteiger charge is -2.20. The lowest BCUT2D eigenvalue weighted by Crippen LogP contribution is -2.35. The Balaban J connectivity index is 1.36. The molecule has 0 aliphatic carbocycles. The quantitative estimate of drug-likeness (QED) is 0.182. The lowest BCUT2D eigenvalue weighted by molar-refractivity contribution is -0.486. The van der Waals surface area contributed by atoms with Crippen molar-refractivity contribution in [1.82, 2.24) is 29.6 Å². The number of hydrogen-bond acceptors (Lipinski definition) is 6. The minimum absolute atomic E-state index is 0.258. The van der Waals surface area contributed by atoms with E-state index in [1.807, 2.05) is 34.1 Å². The fourth-order valence-corrected chi connectivity index (χ4v) is 4.40. The largest absolute Gasteiger partial charge is 0.332 e. The highest BCUT2D eigenvalue weighted by Gasteiger charge is 2.30. The molecule has 14 nitrogen and oxygen atoms in total. The van der Waals surface area contributed by atoms with Crippen molar-refractivity contribution in [3.63, 3.8) is 0 Å². The monoisotopic (exact) mass is 562 g/mol. The van der Waals surface area contributed by atoms with Crippen LogP contribution in [-0.4, -0.2) is 90.8 Å². The second kappa shape index (κ2) is 12.5. The summed E-state index contributed by atoms with van der Waals surface area (Å²) in [5.74, 6) is 0.517. The summed E-state index contributed by atoms with van der Waals surface area (Å²) in [5, 5.41) is 28.9. The Morgan fingerprint density at radius 2 is 1.13 bits per heavy atom. The van der Waals surface area contributed by atoms with Crippen molar-refractivity contribution < 1.29 is 10.1 Å². The molecule has 0 atom stereocenters. The van der Waals surface area contributed by atoms with Crippen molar-refractivity contribution in [3.05, 3.63) is 90.5 Å². The van der Waals surface area contributed by atoms with Crippen molar-refractivity contribution in [2.24, 2.45) is 10.2 Å². The number of nitrogens with zero attached hydrogens (tertiary/aromatic N) is 10. The smallest absolute Gasteiger partial charge is 0.274 e. The van der Waals surface area contributed by atoms with Gasteiger partial charge in [0.25, 0.3) is 11.9 Å². The van der Waals surface area contributed by atoms with E-state index < -0.39 is 10.1 Å². The minimum atomic E-state index is -0.708.